The third-order valence-corrected chi connectivity index (χ3v) is 3.62. The van der Waals surface area contributed by atoms with Gasteiger partial charge in [0.25, 0.3) is 0 Å². The minimum atomic E-state index is 0.539. The van der Waals surface area contributed by atoms with Crippen molar-refractivity contribution in [2.75, 3.05) is 26.8 Å². The zero-order valence-corrected chi connectivity index (χ0v) is 13.4. The average Bonchev–Trinajstić information content (AvgIpc) is 2.90. The fourth-order valence-electron chi connectivity index (χ4n) is 2.13. The number of methoxy groups -OCH3 is 1. The van der Waals surface area contributed by atoms with Crippen LogP contribution in [0.2, 0.25) is 0 Å². The number of nitrogens with one attached hydrogen (secondary N) is 1. The summed E-state index contributed by atoms with van der Waals surface area (Å²) >= 11 is 0. The second-order valence-electron chi connectivity index (χ2n) is 5.32. The Balaban J connectivity index is 2.50. The van der Waals surface area contributed by atoms with Gasteiger partial charge in [0, 0.05) is 31.8 Å². The first kappa shape index (κ1) is 17.2. The van der Waals surface area contributed by atoms with E-state index in [1.165, 1.54) is 5.56 Å². The van der Waals surface area contributed by atoms with E-state index in [-0.39, 0.29) is 0 Å². The van der Waals surface area contributed by atoms with Crippen LogP contribution >= 0.6 is 0 Å². The van der Waals surface area contributed by atoms with Crippen LogP contribution in [0, 0.1) is 0 Å². The number of hydrogen-bond donors (Lipinski definition) is 1. The van der Waals surface area contributed by atoms with Gasteiger partial charge in [-0.1, -0.05) is 13.8 Å². The van der Waals surface area contributed by atoms with E-state index < -0.39 is 0 Å². The van der Waals surface area contributed by atoms with Crippen molar-refractivity contribution in [3.05, 3.63) is 23.7 Å². The van der Waals surface area contributed by atoms with Gasteiger partial charge < -0.3 is 14.5 Å². The molecule has 0 aliphatic rings. The van der Waals surface area contributed by atoms with Crippen molar-refractivity contribution in [3.8, 4) is 0 Å². The molecule has 0 aliphatic heterocycles. The van der Waals surface area contributed by atoms with E-state index in [0.717, 1.165) is 51.4 Å². The first-order valence-corrected chi connectivity index (χ1v) is 7.71. The van der Waals surface area contributed by atoms with E-state index in [1.54, 1.807) is 7.11 Å². The molecule has 20 heavy (non-hydrogen) atoms. The van der Waals surface area contributed by atoms with Crippen LogP contribution in [-0.2, 0) is 17.8 Å². The predicted octanol–water partition coefficient (Wildman–Crippen LogP) is 3.03. The second kappa shape index (κ2) is 9.97. The van der Waals surface area contributed by atoms with Gasteiger partial charge in [-0.05, 0) is 32.4 Å². The molecule has 0 saturated heterocycles. The summed E-state index contributed by atoms with van der Waals surface area (Å²) in [6, 6.07) is 2.70. The molecule has 4 nitrogen and oxygen atoms in total. The summed E-state index contributed by atoms with van der Waals surface area (Å²) in [5.74, 6) is 1.04. The van der Waals surface area contributed by atoms with Crippen molar-refractivity contribution in [3.63, 3.8) is 0 Å². The van der Waals surface area contributed by atoms with Gasteiger partial charge in [-0.15, -0.1) is 0 Å². The molecule has 1 rings (SSSR count). The highest BCUT2D eigenvalue weighted by Crippen LogP contribution is 2.14. The van der Waals surface area contributed by atoms with Gasteiger partial charge in [0.2, 0.25) is 0 Å². The van der Waals surface area contributed by atoms with Crippen LogP contribution in [0.25, 0.3) is 0 Å². The van der Waals surface area contributed by atoms with Crippen LogP contribution in [0.4, 0.5) is 0 Å². The second-order valence-corrected chi connectivity index (χ2v) is 5.32. The molecule has 1 N–H and O–H groups in total. The number of furan rings is 1. The molecule has 1 aromatic rings. The number of ether oxygens (including phenoxy) is 1. The molecule has 4 heteroatoms. The van der Waals surface area contributed by atoms with Crippen LogP contribution in [-0.4, -0.2) is 37.7 Å². The first-order valence-electron chi connectivity index (χ1n) is 7.71. The highest BCUT2D eigenvalue weighted by atomic mass is 16.5. The lowest BCUT2D eigenvalue weighted by atomic mass is 10.2. The van der Waals surface area contributed by atoms with E-state index in [1.807, 2.05) is 6.26 Å². The van der Waals surface area contributed by atoms with Gasteiger partial charge in [0.15, 0.2) is 0 Å². The molecule has 0 saturated carbocycles. The van der Waals surface area contributed by atoms with Crippen molar-refractivity contribution in [1.82, 2.24) is 10.2 Å². The average molecular weight is 282 g/mol. The highest BCUT2D eigenvalue weighted by Gasteiger charge is 2.14. The molecule has 0 bridgehead atoms. The van der Waals surface area contributed by atoms with Crippen LogP contribution in [0.1, 0.15) is 44.9 Å². The van der Waals surface area contributed by atoms with Gasteiger partial charge >= 0.3 is 0 Å². The minimum Gasteiger partial charge on any atom is -0.468 e. The molecule has 0 aliphatic carbocycles. The molecule has 1 unspecified atom stereocenters. The Labute approximate surface area is 123 Å². The lowest BCUT2D eigenvalue weighted by molar-refractivity contribution is 0.112. The van der Waals surface area contributed by atoms with Gasteiger partial charge in [-0.3, -0.25) is 4.90 Å². The molecule has 0 amide bonds. The van der Waals surface area contributed by atoms with Crippen LogP contribution in [0.3, 0.4) is 0 Å². The molecule has 0 radical (unpaired) electrons. The van der Waals surface area contributed by atoms with Crippen molar-refractivity contribution in [2.45, 2.75) is 52.7 Å². The molecule has 0 spiro atoms. The monoisotopic (exact) mass is 282 g/mol. The molecule has 0 aromatic carbocycles. The van der Waals surface area contributed by atoms with Gasteiger partial charge in [0.05, 0.1) is 19.4 Å². The predicted molar refractivity (Wildman–Crippen MR) is 82.7 cm³/mol. The van der Waals surface area contributed by atoms with E-state index >= 15 is 0 Å². The molecular weight excluding hydrogens is 252 g/mol. The Bertz CT molecular complexity index is 352. The summed E-state index contributed by atoms with van der Waals surface area (Å²) in [4.78, 5) is 2.41. The van der Waals surface area contributed by atoms with Crippen LogP contribution in [0.15, 0.2) is 16.7 Å². The highest BCUT2D eigenvalue weighted by molar-refractivity contribution is 5.12. The van der Waals surface area contributed by atoms with E-state index in [0.29, 0.717) is 6.04 Å². The molecule has 1 heterocycles. The summed E-state index contributed by atoms with van der Waals surface area (Å²) in [5, 5.41) is 3.39. The minimum absolute atomic E-state index is 0.539. The number of nitrogens with zero attached hydrogens (tertiary/aromatic N) is 1. The lowest BCUT2D eigenvalue weighted by Gasteiger charge is -2.27. The Morgan fingerprint density at radius 3 is 2.85 bits per heavy atom. The summed E-state index contributed by atoms with van der Waals surface area (Å²) in [6.07, 6.45) is 4.15. The summed E-state index contributed by atoms with van der Waals surface area (Å²) in [5.41, 5.74) is 1.23. The molecular formula is C16H30N2O2. The van der Waals surface area contributed by atoms with Gasteiger partial charge in [0.1, 0.15) is 5.76 Å². The SMILES string of the molecule is CCCNCc1coc(CN(CCOC)C(C)CC)c1. The van der Waals surface area contributed by atoms with Crippen molar-refractivity contribution < 1.29 is 9.15 Å². The van der Waals surface area contributed by atoms with Crippen molar-refractivity contribution >= 4 is 0 Å². The lowest BCUT2D eigenvalue weighted by Crippen LogP contribution is -2.34. The van der Waals surface area contributed by atoms with Crippen LogP contribution < -0.4 is 5.32 Å². The maximum absolute atomic E-state index is 5.68. The first-order chi connectivity index (χ1) is 9.71. The van der Waals surface area contributed by atoms with Crippen LogP contribution in [0.5, 0.6) is 0 Å². The molecule has 0 fully saturated rings. The Hall–Kier alpha value is -0.840. The Kier molecular flexibility index (Phi) is 8.58. The Morgan fingerprint density at radius 2 is 2.20 bits per heavy atom. The van der Waals surface area contributed by atoms with Gasteiger partial charge in [-0.25, -0.2) is 0 Å². The third-order valence-electron chi connectivity index (χ3n) is 3.62. The van der Waals surface area contributed by atoms with Crippen molar-refractivity contribution in [1.29, 1.82) is 0 Å². The standard InChI is InChI=1S/C16H30N2O2/c1-5-7-17-11-15-10-16(20-13-15)12-18(8-9-19-4)14(3)6-2/h10,13-14,17H,5-9,11-12H2,1-4H3. The summed E-state index contributed by atoms with van der Waals surface area (Å²) in [7, 11) is 1.75. The maximum Gasteiger partial charge on any atom is 0.118 e. The van der Waals surface area contributed by atoms with Crippen molar-refractivity contribution in [2.24, 2.45) is 0 Å². The topological polar surface area (TPSA) is 37.6 Å². The maximum atomic E-state index is 5.68. The van der Waals surface area contributed by atoms with E-state index in [2.05, 4.69) is 37.1 Å². The fourth-order valence-corrected chi connectivity index (χ4v) is 2.13. The number of rotatable bonds is 11. The zero-order valence-electron chi connectivity index (χ0n) is 13.4. The van der Waals surface area contributed by atoms with E-state index in [4.69, 9.17) is 9.15 Å². The third kappa shape index (κ3) is 6.07. The molecule has 1 aromatic heterocycles. The normalized spacial score (nSPS) is 13.1. The smallest absolute Gasteiger partial charge is 0.118 e. The largest absolute Gasteiger partial charge is 0.468 e. The molecule has 1 atom stereocenters. The number of hydrogen-bond acceptors (Lipinski definition) is 4. The summed E-state index contributed by atoms with van der Waals surface area (Å²) < 4.78 is 10.9. The fraction of sp³-hybridized carbons (Fsp3) is 0.750. The van der Waals surface area contributed by atoms with E-state index in [9.17, 15) is 0 Å². The zero-order chi connectivity index (χ0) is 14.8. The Morgan fingerprint density at radius 1 is 1.40 bits per heavy atom. The summed E-state index contributed by atoms with van der Waals surface area (Å²) in [6.45, 7) is 11.1. The van der Waals surface area contributed by atoms with Gasteiger partial charge in [-0.2, -0.15) is 0 Å². The molecule has 116 valence electrons. The quantitative estimate of drug-likeness (QED) is 0.633.